The van der Waals surface area contributed by atoms with Crippen LogP contribution in [-0.4, -0.2) is 62.6 Å². The van der Waals surface area contributed by atoms with Gasteiger partial charge in [0.2, 0.25) is 5.91 Å². The summed E-state index contributed by atoms with van der Waals surface area (Å²) in [6, 6.07) is 15.7. The monoisotopic (exact) mass is 549 g/mol. The van der Waals surface area contributed by atoms with Crippen molar-refractivity contribution in [1.82, 2.24) is 15.2 Å². The van der Waals surface area contributed by atoms with Gasteiger partial charge in [0.1, 0.15) is 0 Å². The van der Waals surface area contributed by atoms with E-state index in [9.17, 15) is 4.79 Å². The number of para-hydroxylation sites is 1. The molecule has 218 valence electrons. The summed E-state index contributed by atoms with van der Waals surface area (Å²) >= 11 is 0. The molecule has 0 spiro atoms. The van der Waals surface area contributed by atoms with E-state index >= 15 is 0 Å². The summed E-state index contributed by atoms with van der Waals surface area (Å²) in [6.45, 7) is 9.64. The van der Waals surface area contributed by atoms with Crippen molar-refractivity contribution >= 4 is 27.7 Å². The van der Waals surface area contributed by atoms with Gasteiger partial charge in [-0.25, -0.2) is 0 Å². The van der Waals surface area contributed by atoms with E-state index in [0.717, 1.165) is 78.0 Å². The minimum atomic E-state index is -0.395. The number of methoxy groups -OCH3 is 1. The Morgan fingerprint density at radius 2 is 1.88 bits per heavy atom. The second-order valence-corrected chi connectivity index (χ2v) is 12.3. The van der Waals surface area contributed by atoms with Crippen LogP contribution in [0.5, 0.6) is 0 Å². The summed E-state index contributed by atoms with van der Waals surface area (Å²) in [7, 11) is 1.76. The number of benzene rings is 2. The number of nitrogens with zero attached hydrogens (tertiary/aromatic N) is 1. The lowest BCUT2D eigenvalue weighted by atomic mass is 9.82. The number of hydrogen-bond donors (Lipinski definition) is 2. The molecule has 2 atom stereocenters. The van der Waals surface area contributed by atoms with Gasteiger partial charge in [0.15, 0.2) is 0 Å². The van der Waals surface area contributed by atoms with Crippen molar-refractivity contribution in [3.63, 3.8) is 0 Å². The van der Waals surface area contributed by atoms with Crippen LogP contribution >= 0.6 is 0 Å². The normalized spacial score (nSPS) is 20.8. The second kappa shape index (κ2) is 13.5. The number of aromatic nitrogens is 1. The van der Waals surface area contributed by atoms with E-state index in [1.807, 2.05) is 0 Å². The third kappa shape index (κ3) is 7.06. The van der Waals surface area contributed by atoms with Crippen LogP contribution in [0.3, 0.4) is 0 Å². The maximum atomic E-state index is 12.9. The molecule has 0 saturated carbocycles. The Kier molecular flexibility index (Phi) is 9.79. The molecule has 40 heavy (non-hydrogen) atoms. The van der Waals surface area contributed by atoms with Gasteiger partial charge in [-0.05, 0) is 62.1 Å². The summed E-state index contributed by atoms with van der Waals surface area (Å²) in [5.41, 5.74) is 3.34. The van der Waals surface area contributed by atoms with Crippen LogP contribution in [0.15, 0.2) is 42.5 Å². The Labute approximate surface area is 238 Å². The molecule has 3 heterocycles. The van der Waals surface area contributed by atoms with Crippen molar-refractivity contribution in [2.24, 2.45) is 11.3 Å². The Hall–Kier alpha value is -2.45. The first-order valence-electron chi connectivity index (χ1n) is 15.1. The molecular formula is C33H47N3O4. The van der Waals surface area contributed by atoms with E-state index in [-0.39, 0.29) is 12.0 Å². The van der Waals surface area contributed by atoms with Crippen LogP contribution in [0, 0.1) is 11.3 Å². The lowest BCUT2D eigenvalue weighted by Crippen LogP contribution is -2.48. The van der Waals surface area contributed by atoms with Gasteiger partial charge >= 0.3 is 0 Å². The van der Waals surface area contributed by atoms with Crippen molar-refractivity contribution in [2.45, 2.75) is 77.7 Å². The van der Waals surface area contributed by atoms with Gasteiger partial charge in [-0.2, -0.15) is 0 Å². The standard InChI is InChI=1S/C33H47N3O4/c1-33(2,32(37)35-21-24-13-17-39-18-14-24)20-26-10-11-27(22-34-26)40-23-25-9-12-29-28-7-4-5-8-30(28)36(31(29)19-25)15-6-16-38-3/h4-5,7-9,12,19,24,26-27,34H,6,10-11,13-18,20-23H2,1-3H3,(H,35,37)/t26-,27+/m0/s1. The number of amides is 1. The summed E-state index contributed by atoms with van der Waals surface area (Å²) in [6.07, 6.45) is 6.11. The zero-order valence-electron chi connectivity index (χ0n) is 24.5. The Morgan fingerprint density at radius 1 is 1.07 bits per heavy atom. The number of nitrogens with one attached hydrogen (secondary N) is 2. The van der Waals surface area contributed by atoms with E-state index in [2.05, 4.69) is 71.5 Å². The predicted molar refractivity (Wildman–Crippen MR) is 160 cm³/mol. The fourth-order valence-electron chi connectivity index (χ4n) is 6.35. The topological polar surface area (TPSA) is 73.8 Å². The first-order valence-corrected chi connectivity index (χ1v) is 15.1. The molecular weight excluding hydrogens is 502 g/mol. The molecule has 2 aliphatic rings. The molecule has 5 rings (SSSR count). The van der Waals surface area contributed by atoms with Crippen molar-refractivity contribution in [1.29, 1.82) is 0 Å². The van der Waals surface area contributed by atoms with E-state index in [4.69, 9.17) is 14.2 Å². The highest BCUT2D eigenvalue weighted by Gasteiger charge is 2.33. The number of rotatable bonds is 12. The third-order valence-corrected chi connectivity index (χ3v) is 8.79. The zero-order valence-corrected chi connectivity index (χ0v) is 24.5. The Morgan fingerprint density at radius 3 is 2.65 bits per heavy atom. The third-order valence-electron chi connectivity index (χ3n) is 8.79. The molecule has 7 heteroatoms. The molecule has 0 bridgehead atoms. The molecule has 2 saturated heterocycles. The Bertz CT molecular complexity index is 1260. The van der Waals surface area contributed by atoms with Crippen molar-refractivity contribution in [2.75, 3.05) is 40.0 Å². The first-order chi connectivity index (χ1) is 19.4. The zero-order chi connectivity index (χ0) is 28.0. The van der Waals surface area contributed by atoms with E-state index in [1.54, 1.807) is 7.11 Å². The molecule has 3 aromatic rings. The van der Waals surface area contributed by atoms with Gasteiger partial charge in [0.25, 0.3) is 0 Å². The average Bonchev–Trinajstić information content (AvgIpc) is 3.29. The Balaban J connectivity index is 1.12. The largest absolute Gasteiger partial charge is 0.385 e. The first kappa shape index (κ1) is 29.1. The van der Waals surface area contributed by atoms with Crippen molar-refractivity contribution in [3.05, 3.63) is 48.0 Å². The van der Waals surface area contributed by atoms with Crippen LogP contribution in [0.25, 0.3) is 21.8 Å². The molecule has 2 N–H and O–H groups in total. The fourth-order valence-corrected chi connectivity index (χ4v) is 6.35. The fraction of sp³-hybridized carbons (Fsp3) is 0.606. The molecule has 2 aliphatic heterocycles. The summed E-state index contributed by atoms with van der Waals surface area (Å²) in [5, 5.41) is 9.47. The minimum Gasteiger partial charge on any atom is -0.385 e. The maximum Gasteiger partial charge on any atom is 0.225 e. The molecule has 1 amide bonds. The maximum absolute atomic E-state index is 12.9. The van der Waals surface area contributed by atoms with Gasteiger partial charge in [-0.15, -0.1) is 0 Å². The van der Waals surface area contributed by atoms with Gasteiger partial charge in [-0.1, -0.05) is 44.2 Å². The van der Waals surface area contributed by atoms with Gasteiger partial charge in [0.05, 0.1) is 12.7 Å². The van der Waals surface area contributed by atoms with Gasteiger partial charge < -0.3 is 29.4 Å². The number of carbonyl (C=O) groups excluding carboxylic acids is 1. The molecule has 0 aliphatic carbocycles. The summed E-state index contributed by atoms with van der Waals surface area (Å²) in [5.74, 6) is 0.702. The number of carbonyl (C=O) groups is 1. The smallest absolute Gasteiger partial charge is 0.225 e. The molecule has 0 unspecified atom stereocenters. The second-order valence-electron chi connectivity index (χ2n) is 12.3. The molecule has 0 radical (unpaired) electrons. The molecule has 2 aromatic carbocycles. The molecule has 1 aromatic heterocycles. The number of ether oxygens (including phenoxy) is 3. The van der Waals surface area contributed by atoms with Crippen molar-refractivity contribution < 1.29 is 19.0 Å². The lowest BCUT2D eigenvalue weighted by molar-refractivity contribution is -0.130. The molecule has 2 fully saturated rings. The molecule has 7 nitrogen and oxygen atoms in total. The van der Waals surface area contributed by atoms with E-state index in [0.29, 0.717) is 18.6 Å². The van der Waals surface area contributed by atoms with Crippen molar-refractivity contribution in [3.8, 4) is 0 Å². The van der Waals surface area contributed by atoms with E-state index < -0.39 is 5.41 Å². The number of piperidine rings is 1. The summed E-state index contributed by atoms with van der Waals surface area (Å²) < 4.78 is 19.5. The van der Waals surface area contributed by atoms with Crippen LogP contribution in [0.4, 0.5) is 0 Å². The highest BCUT2D eigenvalue weighted by atomic mass is 16.5. The van der Waals surface area contributed by atoms with E-state index in [1.165, 1.54) is 27.4 Å². The number of aryl methyl sites for hydroxylation is 1. The average molecular weight is 550 g/mol. The SMILES string of the molecule is COCCCn1c2ccccc2c2ccc(CO[C@@H]3CC[C@@H](CC(C)(C)C(=O)NCC4CCOCC4)NC3)cc21. The minimum absolute atomic E-state index is 0.161. The lowest BCUT2D eigenvalue weighted by Gasteiger charge is -2.35. The highest BCUT2D eigenvalue weighted by Crippen LogP contribution is 2.31. The van der Waals surface area contributed by atoms with Crippen LogP contribution in [-0.2, 0) is 32.2 Å². The number of hydrogen-bond acceptors (Lipinski definition) is 5. The predicted octanol–water partition coefficient (Wildman–Crippen LogP) is 5.43. The number of fused-ring (bicyclic) bond motifs is 3. The van der Waals surface area contributed by atoms with Gasteiger partial charge in [-0.3, -0.25) is 4.79 Å². The van der Waals surface area contributed by atoms with Crippen LogP contribution in [0.2, 0.25) is 0 Å². The van der Waals surface area contributed by atoms with Crippen LogP contribution < -0.4 is 10.6 Å². The quantitative estimate of drug-likeness (QED) is 0.295. The summed E-state index contributed by atoms with van der Waals surface area (Å²) in [4.78, 5) is 12.9. The van der Waals surface area contributed by atoms with Gasteiger partial charge in [0, 0.05) is 79.8 Å². The van der Waals surface area contributed by atoms with Crippen LogP contribution in [0.1, 0.15) is 57.9 Å². The highest BCUT2D eigenvalue weighted by molar-refractivity contribution is 6.08.